The largest absolute Gasteiger partial charge is 0.336 e. The number of unbranched alkanes of at least 4 members (excludes halogenated alkanes) is 1. The number of rotatable bonds is 9. The monoisotopic (exact) mass is 241 g/mol. The summed E-state index contributed by atoms with van der Waals surface area (Å²) in [5.74, 6) is 0. The first-order valence-electron chi connectivity index (χ1n) is 7.04. The lowest BCUT2D eigenvalue weighted by Gasteiger charge is -2.20. The van der Waals surface area contributed by atoms with Gasteiger partial charge in [0.2, 0.25) is 0 Å². The molecule has 17 heavy (non-hydrogen) atoms. The lowest BCUT2D eigenvalue weighted by molar-refractivity contribution is 0.216. The summed E-state index contributed by atoms with van der Waals surface area (Å²) in [6.07, 6.45) is 6.28. The van der Waals surface area contributed by atoms with Crippen molar-refractivity contribution >= 4 is 6.03 Å². The first-order chi connectivity index (χ1) is 8.27. The Morgan fingerprint density at radius 2 is 2.18 bits per heavy atom. The van der Waals surface area contributed by atoms with Gasteiger partial charge in [-0.15, -0.1) is 0 Å². The second-order valence-corrected chi connectivity index (χ2v) is 4.80. The van der Waals surface area contributed by atoms with Crippen LogP contribution in [0.1, 0.15) is 46.0 Å². The van der Waals surface area contributed by atoms with E-state index < -0.39 is 0 Å². The molecule has 0 saturated carbocycles. The lowest BCUT2D eigenvalue weighted by Crippen LogP contribution is -2.38. The first-order valence-corrected chi connectivity index (χ1v) is 7.04. The SMILES string of the molecule is CCCCC(CCC)NCCN1CCNC1=O. The normalized spacial score (nSPS) is 17.3. The Labute approximate surface area is 105 Å². The summed E-state index contributed by atoms with van der Waals surface area (Å²) in [5.41, 5.74) is 0. The summed E-state index contributed by atoms with van der Waals surface area (Å²) in [4.78, 5) is 13.2. The van der Waals surface area contributed by atoms with Gasteiger partial charge < -0.3 is 15.5 Å². The molecule has 1 atom stereocenters. The maximum atomic E-state index is 11.3. The van der Waals surface area contributed by atoms with Gasteiger partial charge in [0, 0.05) is 32.2 Å². The van der Waals surface area contributed by atoms with Gasteiger partial charge in [-0.05, 0) is 12.8 Å². The fourth-order valence-corrected chi connectivity index (χ4v) is 2.28. The van der Waals surface area contributed by atoms with E-state index >= 15 is 0 Å². The van der Waals surface area contributed by atoms with E-state index in [9.17, 15) is 4.79 Å². The Kier molecular flexibility index (Phi) is 7.01. The number of amides is 2. The minimum absolute atomic E-state index is 0.0902. The Hall–Kier alpha value is -0.770. The Morgan fingerprint density at radius 3 is 2.76 bits per heavy atom. The number of urea groups is 1. The molecule has 1 rings (SSSR count). The molecule has 0 radical (unpaired) electrons. The van der Waals surface area contributed by atoms with Gasteiger partial charge in [0.05, 0.1) is 0 Å². The van der Waals surface area contributed by atoms with Crippen LogP contribution in [0, 0.1) is 0 Å². The van der Waals surface area contributed by atoms with Gasteiger partial charge in [0.25, 0.3) is 0 Å². The zero-order valence-corrected chi connectivity index (χ0v) is 11.3. The molecule has 0 bridgehead atoms. The van der Waals surface area contributed by atoms with Gasteiger partial charge in [0.15, 0.2) is 0 Å². The molecule has 1 fully saturated rings. The van der Waals surface area contributed by atoms with Crippen molar-refractivity contribution in [2.24, 2.45) is 0 Å². The molecule has 0 spiro atoms. The number of nitrogens with one attached hydrogen (secondary N) is 2. The van der Waals surface area contributed by atoms with Crippen molar-refractivity contribution in [3.05, 3.63) is 0 Å². The van der Waals surface area contributed by atoms with Crippen molar-refractivity contribution in [3.63, 3.8) is 0 Å². The van der Waals surface area contributed by atoms with Crippen molar-refractivity contribution in [2.75, 3.05) is 26.2 Å². The predicted octanol–water partition coefficient (Wildman–Crippen LogP) is 1.96. The van der Waals surface area contributed by atoms with Crippen molar-refractivity contribution in [1.29, 1.82) is 0 Å². The van der Waals surface area contributed by atoms with Crippen LogP contribution < -0.4 is 10.6 Å². The van der Waals surface area contributed by atoms with Crippen molar-refractivity contribution in [2.45, 2.75) is 52.0 Å². The minimum atomic E-state index is 0.0902. The Balaban J connectivity index is 2.14. The van der Waals surface area contributed by atoms with Crippen LogP contribution in [-0.4, -0.2) is 43.2 Å². The minimum Gasteiger partial charge on any atom is -0.336 e. The fourth-order valence-electron chi connectivity index (χ4n) is 2.28. The van der Waals surface area contributed by atoms with Crippen molar-refractivity contribution in [3.8, 4) is 0 Å². The van der Waals surface area contributed by atoms with Gasteiger partial charge in [-0.1, -0.05) is 33.1 Å². The third-order valence-corrected chi connectivity index (χ3v) is 3.30. The van der Waals surface area contributed by atoms with E-state index in [1.54, 1.807) is 0 Å². The van der Waals surface area contributed by atoms with Crippen molar-refractivity contribution < 1.29 is 4.79 Å². The van der Waals surface area contributed by atoms with Crippen molar-refractivity contribution in [1.82, 2.24) is 15.5 Å². The topological polar surface area (TPSA) is 44.4 Å². The third kappa shape index (κ3) is 5.39. The van der Waals surface area contributed by atoms with Gasteiger partial charge in [-0.2, -0.15) is 0 Å². The van der Waals surface area contributed by atoms with Crippen LogP contribution in [-0.2, 0) is 0 Å². The molecule has 1 aliphatic rings. The maximum absolute atomic E-state index is 11.3. The molecule has 1 heterocycles. The van der Waals surface area contributed by atoms with Crippen LogP contribution in [0.15, 0.2) is 0 Å². The number of hydrogen-bond acceptors (Lipinski definition) is 2. The Morgan fingerprint density at radius 1 is 1.35 bits per heavy atom. The van der Waals surface area contributed by atoms with E-state index in [-0.39, 0.29) is 6.03 Å². The van der Waals surface area contributed by atoms with Crippen LogP contribution >= 0.6 is 0 Å². The number of carbonyl (C=O) groups excluding carboxylic acids is 1. The van der Waals surface area contributed by atoms with Crippen LogP contribution in [0.2, 0.25) is 0 Å². The summed E-state index contributed by atoms with van der Waals surface area (Å²) in [6.45, 7) is 7.87. The summed E-state index contributed by atoms with van der Waals surface area (Å²) in [5, 5.41) is 6.41. The quantitative estimate of drug-likeness (QED) is 0.648. The zero-order chi connectivity index (χ0) is 12.5. The second kappa shape index (κ2) is 8.34. The molecule has 1 aliphatic heterocycles. The van der Waals surface area contributed by atoms with Crippen LogP contribution in [0.25, 0.3) is 0 Å². The molecular weight excluding hydrogens is 214 g/mol. The third-order valence-electron chi connectivity index (χ3n) is 3.30. The summed E-state index contributed by atoms with van der Waals surface area (Å²) in [7, 11) is 0. The van der Waals surface area contributed by atoms with Gasteiger partial charge >= 0.3 is 6.03 Å². The molecule has 0 aromatic rings. The van der Waals surface area contributed by atoms with Gasteiger partial charge in [-0.25, -0.2) is 4.79 Å². The smallest absolute Gasteiger partial charge is 0.317 e. The molecule has 2 N–H and O–H groups in total. The summed E-state index contributed by atoms with van der Waals surface area (Å²) < 4.78 is 0. The molecule has 2 amide bonds. The van der Waals surface area contributed by atoms with Gasteiger partial charge in [0.1, 0.15) is 0 Å². The highest BCUT2D eigenvalue weighted by Crippen LogP contribution is 2.06. The molecule has 0 aromatic heterocycles. The molecular formula is C13H27N3O. The molecule has 0 aromatic carbocycles. The standard InChI is InChI=1S/C13H27N3O/c1-3-5-7-12(6-4-2)14-8-10-16-11-9-15-13(16)17/h12,14H,3-11H2,1-2H3,(H,15,17). The molecule has 0 aliphatic carbocycles. The zero-order valence-electron chi connectivity index (χ0n) is 11.3. The number of carbonyl (C=O) groups is 1. The van der Waals surface area contributed by atoms with Gasteiger partial charge in [-0.3, -0.25) is 0 Å². The van der Waals surface area contributed by atoms with Crippen LogP contribution in [0.5, 0.6) is 0 Å². The average molecular weight is 241 g/mol. The van der Waals surface area contributed by atoms with E-state index in [2.05, 4.69) is 24.5 Å². The molecule has 100 valence electrons. The van der Waals surface area contributed by atoms with E-state index in [1.165, 1.54) is 32.1 Å². The first kappa shape index (κ1) is 14.3. The number of hydrogen-bond donors (Lipinski definition) is 2. The van der Waals surface area contributed by atoms with E-state index in [0.717, 1.165) is 26.2 Å². The average Bonchev–Trinajstić information content (AvgIpc) is 2.72. The molecule has 4 heteroatoms. The van der Waals surface area contributed by atoms with Crippen LogP contribution in [0.4, 0.5) is 4.79 Å². The molecule has 4 nitrogen and oxygen atoms in total. The maximum Gasteiger partial charge on any atom is 0.317 e. The highest BCUT2D eigenvalue weighted by atomic mass is 16.2. The summed E-state index contributed by atoms with van der Waals surface area (Å²) in [6, 6.07) is 0.720. The fraction of sp³-hybridized carbons (Fsp3) is 0.923. The highest BCUT2D eigenvalue weighted by Gasteiger charge is 2.18. The second-order valence-electron chi connectivity index (χ2n) is 4.80. The Bertz CT molecular complexity index is 221. The predicted molar refractivity (Wildman–Crippen MR) is 71.2 cm³/mol. The lowest BCUT2D eigenvalue weighted by atomic mass is 10.1. The molecule has 1 unspecified atom stereocenters. The van der Waals surface area contributed by atoms with E-state index in [1.807, 2.05) is 4.90 Å². The van der Waals surface area contributed by atoms with E-state index in [0.29, 0.717) is 6.04 Å². The molecule has 1 saturated heterocycles. The number of nitrogens with zero attached hydrogens (tertiary/aromatic N) is 1. The highest BCUT2D eigenvalue weighted by molar-refractivity contribution is 5.76. The summed E-state index contributed by atoms with van der Waals surface area (Å²) >= 11 is 0. The van der Waals surface area contributed by atoms with E-state index in [4.69, 9.17) is 0 Å². The van der Waals surface area contributed by atoms with Crippen LogP contribution in [0.3, 0.4) is 0 Å².